The Bertz CT molecular complexity index is 650. The van der Waals surface area contributed by atoms with Crippen LogP contribution in [0.2, 0.25) is 0 Å². The fourth-order valence-corrected chi connectivity index (χ4v) is 2.71. The third-order valence-corrected chi connectivity index (χ3v) is 3.93. The molecular weight excluding hydrogens is 260 g/mol. The summed E-state index contributed by atoms with van der Waals surface area (Å²) in [6.07, 6.45) is 0.614. The Labute approximate surface area is 125 Å². The molecule has 0 aliphatic rings. The number of Topliss-reactive ketones (excluding diaryl/α,β-unsaturated/α-hetero) is 2. The molecule has 0 bridgehead atoms. The van der Waals surface area contributed by atoms with Crippen LogP contribution in [0.25, 0.3) is 0 Å². The Kier molecular flexibility index (Phi) is 4.37. The first-order chi connectivity index (χ1) is 9.91. The molecule has 108 valence electrons. The minimum atomic E-state index is 0.0617. The molecule has 0 aliphatic heterocycles. The van der Waals surface area contributed by atoms with Crippen LogP contribution < -0.4 is 0 Å². The molecule has 0 aliphatic carbocycles. The molecule has 2 aromatic rings. The lowest BCUT2D eigenvalue weighted by atomic mass is 9.89. The van der Waals surface area contributed by atoms with Gasteiger partial charge < -0.3 is 0 Å². The van der Waals surface area contributed by atoms with Crippen LogP contribution in [-0.2, 0) is 6.42 Å². The van der Waals surface area contributed by atoms with Crippen molar-refractivity contribution in [2.24, 2.45) is 0 Å². The summed E-state index contributed by atoms with van der Waals surface area (Å²) < 4.78 is 0. The van der Waals surface area contributed by atoms with E-state index in [0.717, 1.165) is 33.4 Å². The molecule has 2 heteroatoms. The fraction of sp³-hybridized carbons (Fsp3) is 0.263. The lowest BCUT2D eigenvalue weighted by Crippen LogP contribution is -2.07. The Balaban J connectivity index is 2.59. The molecule has 2 rings (SSSR count). The molecule has 0 saturated carbocycles. The van der Waals surface area contributed by atoms with Crippen molar-refractivity contribution in [1.82, 2.24) is 0 Å². The standard InChI is InChI=1S/C19H20O2/c1-12-7-5-9-16(14(3)20)18(12)11-19-13(2)8-6-10-17(19)15(4)21/h5-10H,11H2,1-4H3. The fourth-order valence-electron chi connectivity index (χ4n) is 2.71. The second-order valence-corrected chi connectivity index (χ2v) is 5.49. The molecule has 2 aromatic carbocycles. The van der Waals surface area contributed by atoms with Crippen LogP contribution in [0.1, 0.15) is 56.8 Å². The van der Waals surface area contributed by atoms with Gasteiger partial charge in [-0.25, -0.2) is 0 Å². The third kappa shape index (κ3) is 3.10. The normalized spacial score (nSPS) is 10.5. The van der Waals surface area contributed by atoms with E-state index >= 15 is 0 Å². The molecule has 0 radical (unpaired) electrons. The van der Waals surface area contributed by atoms with Crippen molar-refractivity contribution in [3.05, 3.63) is 69.8 Å². The van der Waals surface area contributed by atoms with Gasteiger partial charge >= 0.3 is 0 Å². The van der Waals surface area contributed by atoms with E-state index in [4.69, 9.17) is 0 Å². The maximum atomic E-state index is 11.8. The zero-order valence-corrected chi connectivity index (χ0v) is 13.0. The zero-order chi connectivity index (χ0) is 15.6. The average Bonchev–Trinajstić information content (AvgIpc) is 2.42. The molecular formula is C19H20O2. The Morgan fingerprint density at radius 2 is 1.14 bits per heavy atom. The van der Waals surface area contributed by atoms with Crippen LogP contribution in [0.15, 0.2) is 36.4 Å². The molecule has 21 heavy (non-hydrogen) atoms. The Morgan fingerprint density at radius 3 is 1.48 bits per heavy atom. The lowest BCUT2D eigenvalue weighted by Gasteiger charge is -2.15. The van der Waals surface area contributed by atoms with Gasteiger partial charge in [0.05, 0.1) is 0 Å². The van der Waals surface area contributed by atoms with Gasteiger partial charge in [0.15, 0.2) is 11.6 Å². The molecule has 0 spiro atoms. The molecule has 0 amide bonds. The SMILES string of the molecule is CC(=O)c1cccc(C)c1Cc1c(C)cccc1C(C)=O. The van der Waals surface area contributed by atoms with E-state index < -0.39 is 0 Å². The van der Waals surface area contributed by atoms with Crippen LogP contribution in [0.5, 0.6) is 0 Å². The molecule has 0 fully saturated rings. The molecule has 0 heterocycles. The van der Waals surface area contributed by atoms with E-state index in [0.29, 0.717) is 6.42 Å². The lowest BCUT2D eigenvalue weighted by molar-refractivity contribution is 0.100. The van der Waals surface area contributed by atoms with Crippen molar-refractivity contribution in [3.63, 3.8) is 0 Å². The molecule has 0 atom stereocenters. The third-order valence-electron chi connectivity index (χ3n) is 3.93. The van der Waals surface area contributed by atoms with Crippen LogP contribution >= 0.6 is 0 Å². The monoisotopic (exact) mass is 280 g/mol. The molecule has 0 aromatic heterocycles. The van der Waals surface area contributed by atoms with Crippen molar-refractivity contribution >= 4 is 11.6 Å². The Morgan fingerprint density at radius 1 is 0.762 bits per heavy atom. The van der Waals surface area contributed by atoms with Crippen LogP contribution in [-0.4, -0.2) is 11.6 Å². The van der Waals surface area contributed by atoms with E-state index in [1.807, 2.05) is 50.2 Å². The minimum Gasteiger partial charge on any atom is -0.295 e. The molecule has 0 N–H and O–H groups in total. The minimum absolute atomic E-state index is 0.0617. The van der Waals surface area contributed by atoms with E-state index in [2.05, 4.69) is 0 Å². The van der Waals surface area contributed by atoms with Gasteiger partial charge in [0.25, 0.3) is 0 Å². The van der Waals surface area contributed by atoms with E-state index in [-0.39, 0.29) is 11.6 Å². The number of rotatable bonds is 4. The number of carbonyl (C=O) groups is 2. The topological polar surface area (TPSA) is 34.1 Å². The second kappa shape index (κ2) is 6.04. The smallest absolute Gasteiger partial charge is 0.160 e. The summed E-state index contributed by atoms with van der Waals surface area (Å²) in [5.41, 5.74) is 5.69. The summed E-state index contributed by atoms with van der Waals surface area (Å²) in [6, 6.07) is 11.5. The molecule has 0 saturated heterocycles. The highest BCUT2D eigenvalue weighted by Gasteiger charge is 2.15. The van der Waals surface area contributed by atoms with Gasteiger partial charge in [0.2, 0.25) is 0 Å². The van der Waals surface area contributed by atoms with Gasteiger partial charge in [-0.1, -0.05) is 36.4 Å². The van der Waals surface area contributed by atoms with E-state index in [9.17, 15) is 9.59 Å². The average molecular weight is 280 g/mol. The van der Waals surface area contributed by atoms with Gasteiger partial charge in [-0.2, -0.15) is 0 Å². The van der Waals surface area contributed by atoms with Gasteiger partial charge in [-0.15, -0.1) is 0 Å². The van der Waals surface area contributed by atoms with Crippen LogP contribution in [0, 0.1) is 13.8 Å². The first kappa shape index (κ1) is 15.2. The first-order valence-electron chi connectivity index (χ1n) is 7.10. The highest BCUT2D eigenvalue weighted by molar-refractivity contribution is 5.97. The van der Waals surface area contributed by atoms with Gasteiger partial charge in [-0.3, -0.25) is 9.59 Å². The van der Waals surface area contributed by atoms with Crippen molar-refractivity contribution in [2.75, 3.05) is 0 Å². The summed E-state index contributed by atoms with van der Waals surface area (Å²) >= 11 is 0. The van der Waals surface area contributed by atoms with Crippen molar-refractivity contribution in [1.29, 1.82) is 0 Å². The molecule has 2 nitrogen and oxygen atoms in total. The number of ketones is 2. The van der Waals surface area contributed by atoms with Gasteiger partial charge in [-0.05, 0) is 56.4 Å². The van der Waals surface area contributed by atoms with Crippen LogP contribution in [0.4, 0.5) is 0 Å². The predicted molar refractivity (Wildman–Crippen MR) is 85.2 cm³/mol. The number of carbonyl (C=O) groups excluding carboxylic acids is 2. The van der Waals surface area contributed by atoms with Crippen LogP contribution in [0.3, 0.4) is 0 Å². The number of benzene rings is 2. The number of aryl methyl sites for hydroxylation is 2. The summed E-state index contributed by atoms with van der Waals surface area (Å²) in [7, 11) is 0. The number of hydrogen-bond acceptors (Lipinski definition) is 2. The summed E-state index contributed by atoms with van der Waals surface area (Å²) in [5.74, 6) is 0.123. The second-order valence-electron chi connectivity index (χ2n) is 5.49. The Hall–Kier alpha value is -2.22. The maximum Gasteiger partial charge on any atom is 0.160 e. The zero-order valence-electron chi connectivity index (χ0n) is 13.0. The van der Waals surface area contributed by atoms with E-state index in [1.54, 1.807) is 13.8 Å². The molecule has 0 unspecified atom stereocenters. The summed E-state index contributed by atoms with van der Waals surface area (Å²) in [4.78, 5) is 23.7. The predicted octanol–water partition coefficient (Wildman–Crippen LogP) is 4.30. The van der Waals surface area contributed by atoms with E-state index in [1.165, 1.54) is 0 Å². The highest BCUT2D eigenvalue weighted by Crippen LogP contribution is 2.24. The van der Waals surface area contributed by atoms with Crippen molar-refractivity contribution in [2.45, 2.75) is 34.1 Å². The van der Waals surface area contributed by atoms with Gasteiger partial charge in [0, 0.05) is 11.1 Å². The number of hydrogen-bond donors (Lipinski definition) is 0. The largest absolute Gasteiger partial charge is 0.295 e. The van der Waals surface area contributed by atoms with Gasteiger partial charge in [0.1, 0.15) is 0 Å². The quantitative estimate of drug-likeness (QED) is 0.782. The summed E-state index contributed by atoms with van der Waals surface area (Å²) in [6.45, 7) is 7.19. The highest BCUT2D eigenvalue weighted by atomic mass is 16.1. The maximum absolute atomic E-state index is 11.8. The van der Waals surface area contributed by atoms with Crippen molar-refractivity contribution in [3.8, 4) is 0 Å². The first-order valence-corrected chi connectivity index (χ1v) is 7.10. The summed E-state index contributed by atoms with van der Waals surface area (Å²) in [5, 5.41) is 0. The van der Waals surface area contributed by atoms with Crippen molar-refractivity contribution < 1.29 is 9.59 Å².